The summed E-state index contributed by atoms with van der Waals surface area (Å²) in [5, 5.41) is 8.96. The first kappa shape index (κ1) is 12.9. The Kier molecular flexibility index (Phi) is 5.14. The number of ether oxygens (including phenoxy) is 1. The second-order valence-electron chi connectivity index (χ2n) is 3.52. The highest BCUT2D eigenvalue weighted by Crippen LogP contribution is 2.12. The number of aromatic nitrogens is 2. The molecule has 0 unspecified atom stereocenters. The van der Waals surface area contributed by atoms with Crippen molar-refractivity contribution in [3.63, 3.8) is 0 Å². The van der Waals surface area contributed by atoms with Crippen LogP contribution in [0.5, 0.6) is 0 Å². The minimum absolute atomic E-state index is 0.122. The van der Waals surface area contributed by atoms with Crippen molar-refractivity contribution in [3.05, 3.63) is 17.6 Å². The normalized spacial score (nSPS) is 10.5. The molecular formula is C11H19N3O2. The van der Waals surface area contributed by atoms with Crippen LogP contribution in [-0.4, -0.2) is 41.9 Å². The summed E-state index contributed by atoms with van der Waals surface area (Å²) in [4.78, 5) is 10.7. The molecule has 0 aliphatic heterocycles. The molecule has 0 aliphatic rings. The average Bonchev–Trinajstić information content (AvgIpc) is 2.25. The highest BCUT2D eigenvalue weighted by atomic mass is 16.5. The van der Waals surface area contributed by atoms with Gasteiger partial charge in [0.15, 0.2) is 5.82 Å². The van der Waals surface area contributed by atoms with Crippen LogP contribution >= 0.6 is 0 Å². The largest absolute Gasteiger partial charge is 0.395 e. The van der Waals surface area contributed by atoms with Crippen molar-refractivity contribution in [3.8, 4) is 0 Å². The topological polar surface area (TPSA) is 58.5 Å². The second kappa shape index (κ2) is 6.40. The van der Waals surface area contributed by atoms with Gasteiger partial charge in [0.05, 0.1) is 6.61 Å². The van der Waals surface area contributed by atoms with Gasteiger partial charge in [0.2, 0.25) is 0 Å². The lowest BCUT2D eigenvalue weighted by Gasteiger charge is -2.21. The van der Waals surface area contributed by atoms with Gasteiger partial charge in [-0.3, -0.25) is 0 Å². The number of aryl methyl sites for hydroxylation is 1. The lowest BCUT2D eigenvalue weighted by atomic mass is 10.3. The molecule has 1 aromatic rings. The minimum Gasteiger partial charge on any atom is -0.395 e. The van der Waals surface area contributed by atoms with E-state index < -0.39 is 0 Å². The van der Waals surface area contributed by atoms with E-state index in [-0.39, 0.29) is 6.61 Å². The minimum atomic E-state index is 0.122. The first-order chi connectivity index (χ1) is 7.71. The second-order valence-corrected chi connectivity index (χ2v) is 3.52. The number of aliphatic hydroxyl groups excluding tert-OH is 1. The molecule has 5 heteroatoms. The smallest absolute Gasteiger partial charge is 0.156 e. The van der Waals surface area contributed by atoms with Gasteiger partial charge in [0, 0.05) is 32.0 Å². The molecule has 0 bridgehead atoms. The summed E-state index contributed by atoms with van der Waals surface area (Å²) in [6.07, 6.45) is 0. The molecule has 16 heavy (non-hydrogen) atoms. The summed E-state index contributed by atoms with van der Waals surface area (Å²) in [7, 11) is 1.62. The van der Waals surface area contributed by atoms with E-state index in [2.05, 4.69) is 9.97 Å². The molecular weight excluding hydrogens is 206 g/mol. The number of aliphatic hydroxyl groups is 1. The van der Waals surface area contributed by atoms with Crippen LogP contribution in [-0.2, 0) is 11.3 Å². The molecule has 5 nitrogen and oxygen atoms in total. The van der Waals surface area contributed by atoms with Crippen LogP contribution in [0.3, 0.4) is 0 Å². The zero-order valence-corrected chi connectivity index (χ0v) is 10.1. The molecule has 0 saturated carbocycles. The highest BCUT2D eigenvalue weighted by molar-refractivity contribution is 5.39. The van der Waals surface area contributed by atoms with Gasteiger partial charge in [-0.1, -0.05) is 0 Å². The van der Waals surface area contributed by atoms with Gasteiger partial charge in [-0.25, -0.2) is 9.97 Å². The third kappa shape index (κ3) is 3.43. The predicted molar refractivity (Wildman–Crippen MR) is 62.5 cm³/mol. The monoisotopic (exact) mass is 225 g/mol. The van der Waals surface area contributed by atoms with E-state index in [4.69, 9.17) is 9.84 Å². The Hall–Kier alpha value is -1.20. The van der Waals surface area contributed by atoms with Gasteiger partial charge in [-0.15, -0.1) is 0 Å². The lowest BCUT2D eigenvalue weighted by Crippen LogP contribution is -2.27. The molecule has 0 spiro atoms. The lowest BCUT2D eigenvalue weighted by molar-refractivity contribution is 0.177. The fourth-order valence-corrected chi connectivity index (χ4v) is 1.52. The number of methoxy groups -OCH3 is 1. The maximum absolute atomic E-state index is 8.96. The van der Waals surface area contributed by atoms with Crippen LogP contribution in [0.2, 0.25) is 0 Å². The number of hydrogen-bond donors (Lipinski definition) is 1. The van der Waals surface area contributed by atoms with Gasteiger partial charge in [0.25, 0.3) is 0 Å². The van der Waals surface area contributed by atoms with Crippen LogP contribution in [0, 0.1) is 6.92 Å². The summed E-state index contributed by atoms with van der Waals surface area (Å²) in [6.45, 7) is 5.88. The van der Waals surface area contributed by atoms with Crippen LogP contribution in [0.15, 0.2) is 6.07 Å². The van der Waals surface area contributed by atoms with Crippen molar-refractivity contribution < 1.29 is 9.84 Å². The molecule has 0 saturated heterocycles. The van der Waals surface area contributed by atoms with Gasteiger partial charge in [0.1, 0.15) is 12.4 Å². The van der Waals surface area contributed by atoms with Crippen LogP contribution in [0.1, 0.15) is 18.4 Å². The molecule has 0 fully saturated rings. The van der Waals surface area contributed by atoms with E-state index in [1.807, 2.05) is 24.8 Å². The van der Waals surface area contributed by atoms with Crippen molar-refractivity contribution in [2.75, 3.05) is 31.7 Å². The Labute approximate surface area is 96.1 Å². The van der Waals surface area contributed by atoms with Crippen molar-refractivity contribution in [1.29, 1.82) is 0 Å². The van der Waals surface area contributed by atoms with Gasteiger partial charge in [-0.05, 0) is 13.8 Å². The molecule has 1 heterocycles. The quantitative estimate of drug-likeness (QED) is 0.774. The molecule has 1 N–H and O–H groups in total. The molecule has 0 aliphatic carbocycles. The fraction of sp³-hybridized carbons (Fsp3) is 0.636. The van der Waals surface area contributed by atoms with Crippen LogP contribution < -0.4 is 4.90 Å². The Morgan fingerprint density at radius 3 is 2.75 bits per heavy atom. The number of likely N-dealkylation sites (N-methyl/N-ethyl adjacent to an activating group) is 1. The molecule has 1 rings (SSSR count). The Balaban J connectivity index is 2.92. The Bertz CT molecular complexity index is 331. The first-order valence-electron chi connectivity index (χ1n) is 5.40. The number of nitrogens with zero attached hydrogens (tertiary/aromatic N) is 3. The van der Waals surface area contributed by atoms with E-state index in [0.717, 1.165) is 18.1 Å². The summed E-state index contributed by atoms with van der Waals surface area (Å²) in [5.41, 5.74) is 0.911. The standard InChI is InChI=1S/C11H19N3O2/c1-4-14(5-6-15)11-7-9(2)12-10(13-11)8-16-3/h7,15H,4-6,8H2,1-3H3. The van der Waals surface area contributed by atoms with Gasteiger partial charge < -0.3 is 14.7 Å². The van der Waals surface area contributed by atoms with Crippen molar-refractivity contribution in [1.82, 2.24) is 9.97 Å². The van der Waals surface area contributed by atoms with Gasteiger partial charge >= 0.3 is 0 Å². The van der Waals surface area contributed by atoms with Gasteiger partial charge in [-0.2, -0.15) is 0 Å². The van der Waals surface area contributed by atoms with Crippen LogP contribution in [0.25, 0.3) is 0 Å². The number of rotatable bonds is 6. The summed E-state index contributed by atoms with van der Waals surface area (Å²) >= 11 is 0. The first-order valence-corrected chi connectivity index (χ1v) is 5.40. The van der Waals surface area contributed by atoms with E-state index in [0.29, 0.717) is 19.0 Å². The third-order valence-corrected chi connectivity index (χ3v) is 2.24. The van der Waals surface area contributed by atoms with E-state index in [9.17, 15) is 0 Å². The highest BCUT2D eigenvalue weighted by Gasteiger charge is 2.08. The van der Waals surface area contributed by atoms with Crippen molar-refractivity contribution >= 4 is 5.82 Å². The van der Waals surface area contributed by atoms with E-state index in [1.165, 1.54) is 0 Å². The summed E-state index contributed by atoms with van der Waals surface area (Å²) in [5.74, 6) is 1.52. The van der Waals surface area contributed by atoms with E-state index in [1.54, 1.807) is 7.11 Å². The predicted octanol–water partition coefficient (Wildman–Crippen LogP) is 0.750. The molecule has 90 valence electrons. The summed E-state index contributed by atoms with van der Waals surface area (Å²) < 4.78 is 5.02. The fourth-order valence-electron chi connectivity index (χ4n) is 1.52. The molecule has 0 aromatic carbocycles. The maximum Gasteiger partial charge on any atom is 0.156 e. The molecule has 0 radical (unpaired) electrons. The van der Waals surface area contributed by atoms with Crippen molar-refractivity contribution in [2.24, 2.45) is 0 Å². The number of hydrogen-bond acceptors (Lipinski definition) is 5. The van der Waals surface area contributed by atoms with Crippen molar-refractivity contribution in [2.45, 2.75) is 20.5 Å². The third-order valence-electron chi connectivity index (χ3n) is 2.24. The number of anilines is 1. The SMILES string of the molecule is CCN(CCO)c1cc(C)nc(COC)n1. The average molecular weight is 225 g/mol. The molecule has 0 atom stereocenters. The van der Waals surface area contributed by atoms with Crippen LogP contribution in [0.4, 0.5) is 5.82 Å². The van der Waals surface area contributed by atoms with E-state index >= 15 is 0 Å². The molecule has 1 aromatic heterocycles. The Morgan fingerprint density at radius 1 is 1.44 bits per heavy atom. The Morgan fingerprint density at radius 2 is 2.19 bits per heavy atom. The summed E-state index contributed by atoms with van der Waals surface area (Å²) in [6, 6.07) is 1.92. The molecule has 0 amide bonds. The maximum atomic E-state index is 8.96. The zero-order valence-electron chi connectivity index (χ0n) is 10.1. The zero-order chi connectivity index (χ0) is 12.0.